The molecule has 0 saturated heterocycles. The average molecular weight is 443 g/mol. The van der Waals surface area contributed by atoms with Crippen LogP contribution in [0.1, 0.15) is 25.0 Å². The monoisotopic (exact) mass is 442 g/mol. The first-order valence-electron chi connectivity index (χ1n) is 9.07. The zero-order chi connectivity index (χ0) is 21.7. The highest BCUT2D eigenvalue weighted by Gasteiger charge is 2.21. The molecule has 0 radical (unpaired) electrons. The van der Waals surface area contributed by atoms with Gasteiger partial charge in [-0.15, -0.1) is 0 Å². The van der Waals surface area contributed by atoms with Crippen LogP contribution in [-0.4, -0.2) is 42.3 Å². The Balaban J connectivity index is 1.82. The first-order chi connectivity index (χ1) is 13.5. The molecule has 0 aliphatic rings. The zero-order valence-corrected chi connectivity index (χ0v) is 18.5. The van der Waals surface area contributed by atoms with Crippen molar-refractivity contribution in [2.75, 3.05) is 13.2 Å². The van der Waals surface area contributed by atoms with Gasteiger partial charge in [0.2, 0.25) is 0 Å². The Labute approximate surface area is 172 Å². The van der Waals surface area contributed by atoms with Gasteiger partial charge in [0.15, 0.2) is 0 Å². The van der Waals surface area contributed by atoms with Gasteiger partial charge in [-0.1, -0.05) is 35.4 Å². The molecule has 0 aliphatic carbocycles. The second-order valence-corrected chi connectivity index (χ2v) is 10.0. The summed E-state index contributed by atoms with van der Waals surface area (Å²) in [5.74, 6) is 0. The predicted molar refractivity (Wildman–Crippen MR) is 109 cm³/mol. The molecule has 0 amide bonds. The van der Waals surface area contributed by atoms with Crippen LogP contribution >= 0.6 is 0 Å². The molecule has 160 valence electrons. The smallest absolute Gasteiger partial charge is 0.297 e. The summed E-state index contributed by atoms with van der Waals surface area (Å²) >= 11 is 0. The van der Waals surface area contributed by atoms with Crippen LogP contribution in [0.25, 0.3) is 0 Å². The van der Waals surface area contributed by atoms with Crippen molar-refractivity contribution in [1.29, 1.82) is 0 Å². The molecule has 9 heteroatoms. The summed E-state index contributed by atoms with van der Waals surface area (Å²) < 4.78 is 64.6. The standard InChI is InChI=1S/C20H26O7S2/c1-15-5-9-19(10-6-15)28(21,22)26-17(3)13-25-14-18(4)27-29(23,24)20-11-7-16(2)8-12-20/h5-12,17-18H,13-14H2,1-4H3. The van der Waals surface area contributed by atoms with E-state index in [4.69, 9.17) is 13.1 Å². The van der Waals surface area contributed by atoms with Gasteiger partial charge in [0.25, 0.3) is 20.2 Å². The molecule has 2 atom stereocenters. The molecule has 2 aromatic rings. The van der Waals surface area contributed by atoms with Crippen LogP contribution in [0.4, 0.5) is 0 Å². The number of benzene rings is 2. The van der Waals surface area contributed by atoms with E-state index >= 15 is 0 Å². The molecule has 0 aromatic heterocycles. The molecule has 0 fully saturated rings. The third-order valence-electron chi connectivity index (χ3n) is 3.91. The van der Waals surface area contributed by atoms with E-state index in [-0.39, 0.29) is 23.0 Å². The van der Waals surface area contributed by atoms with Gasteiger partial charge in [0.1, 0.15) is 0 Å². The van der Waals surface area contributed by atoms with Crippen molar-refractivity contribution in [2.24, 2.45) is 0 Å². The van der Waals surface area contributed by atoms with Gasteiger partial charge >= 0.3 is 0 Å². The van der Waals surface area contributed by atoms with E-state index in [1.54, 1.807) is 38.1 Å². The summed E-state index contributed by atoms with van der Waals surface area (Å²) in [4.78, 5) is 0.131. The highest BCUT2D eigenvalue weighted by molar-refractivity contribution is 7.87. The Morgan fingerprint density at radius 3 is 1.28 bits per heavy atom. The van der Waals surface area contributed by atoms with Gasteiger partial charge in [-0.3, -0.25) is 8.37 Å². The van der Waals surface area contributed by atoms with Crippen LogP contribution in [0.3, 0.4) is 0 Å². The third-order valence-corrected chi connectivity index (χ3v) is 6.77. The number of hydrogen-bond donors (Lipinski definition) is 0. The van der Waals surface area contributed by atoms with E-state index in [0.717, 1.165) is 11.1 Å². The van der Waals surface area contributed by atoms with Crippen LogP contribution in [0, 0.1) is 13.8 Å². The topological polar surface area (TPSA) is 96.0 Å². The molecular formula is C20H26O7S2. The van der Waals surface area contributed by atoms with Crippen LogP contribution in [-0.2, 0) is 33.3 Å². The van der Waals surface area contributed by atoms with Crippen LogP contribution in [0.15, 0.2) is 58.3 Å². The minimum absolute atomic E-state index is 0.0383. The zero-order valence-electron chi connectivity index (χ0n) is 16.9. The van der Waals surface area contributed by atoms with Crippen molar-refractivity contribution in [3.63, 3.8) is 0 Å². The highest BCUT2D eigenvalue weighted by atomic mass is 32.2. The lowest BCUT2D eigenvalue weighted by Crippen LogP contribution is -2.25. The number of hydrogen-bond acceptors (Lipinski definition) is 7. The fourth-order valence-electron chi connectivity index (χ4n) is 2.41. The lowest BCUT2D eigenvalue weighted by Gasteiger charge is -2.16. The van der Waals surface area contributed by atoms with Gasteiger partial charge < -0.3 is 4.74 Å². The molecule has 2 rings (SSSR count). The lowest BCUT2D eigenvalue weighted by molar-refractivity contribution is 0.0225. The van der Waals surface area contributed by atoms with E-state index in [9.17, 15) is 16.8 Å². The van der Waals surface area contributed by atoms with Gasteiger partial charge in [-0.2, -0.15) is 16.8 Å². The Morgan fingerprint density at radius 1 is 0.655 bits per heavy atom. The van der Waals surface area contributed by atoms with E-state index in [0.29, 0.717) is 0 Å². The minimum atomic E-state index is -3.90. The highest BCUT2D eigenvalue weighted by Crippen LogP contribution is 2.17. The van der Waals surface area contributed by atoms with Crippen molar-refractivity contribution >= 4 is 20.2 Å². The molecule has 0 spiro atoms. The van der Waals surface area contributed by atoms with Crippen molar-refractivity contribution in [3.8, 4) is 0 Å². The molecule has 2 aromatic carbocycles. The van der Waals surface area contributed by atoms with E-state index in [1.807, 2.05) is 13.8 Å². The van der Waals surface area contributed by atoms with Crippen LogP contribution in [0.5, 0.6) is 0 Å². The molecule has 0 heterocycles. The third kappa shape index (κ3) is 7.20. The summed E-state index contributed by atoms with van der Waals surface area (Å²) in [6.45, 7) is 6.75. The van der Waals surface area contributed by atoms with Gasteiger partial charge in [-0.05, 0) is 52.0 Å². The summed E-state index contributed by atoms with van der Waals surface area (Å²) in [5, 5.41) is 0. The molecule has 2 unspecified atom stereocenters. The first-order valence-corrected chi connectivity index (χ1v) is 11.9. The van der Waals surface area contributed by atoms with Crippen molar-refractivity contribution in [1.82, 2.24) is 0 Å². The Bertz CT molecular complexity index is 912. The molecule has 7 nitrogen and oxygen atoms in total. The van der Waals surface area contributed by atoms with E-state index in [2.05, 4.69) is 0 Å². The predicted octanol–water partition coefficient (Wildman–Crippen LogP) is 3.21. The fraction of sp³-hybridized carbons (Fsp3) is 0.400. The summed E-state index contributed by atoms with van der Waals surface area (Å²) in [7, 11) is -7.80. The summed E-state index contributed by atoms with van der Waals surface area (Å²) in [6.07, 6.45) is -1.50. The van der Waals surface area contributed by atoms with Crippen molar-refractivity contribution in [3.05, 3.63) is 59.7 Å². The van der Waals surface area contributed by atoms with E-state index in [1.165, 1.54) is 24.3 Å². The van der Waals surface area contributed by atoms with Crippen LogP contribution in [0.2, 0.25) is 0 Å². The fourth-order valence-corrected chi connectivity index (χ4v) is 4.55. The van der Waals surface area contributed by atoms with Crippen molar-refractivity contribution in [2.45, 2.75) is 49.7 Å². The average Bonchev–Trinajstić information content (AvgIpc) is 2.61. The second kappa shape index (κ2) is 9.82. The number of aryl methyl sites for hydroxylation is 2. The first kappa shape index (κ1) is 23.5. The number of rotatable bonds is 10. The molecule has 0 N–H and O–H groups in total. The Morgan fingerprint density at radius 2 is 0.966 bits per heavy atom. The summed E-state index contributed by atoms with van der Waals surface area (Å²) in [5.41, 5.74) is 1.88. The minimum Gasteiger partial charge on any atom is -0.376 e. The second-order valence-electron chi connectivity index (χ2n) is 6.89. The van der Waals surface area contributed by atoms with Crippen LogP contribution < -0.4 is 0 Å². The Kier molecular flexibility index (Phi) is 7.95. The van der Waals surface area contributed by atoms with E-state index < -0.39 is 32.4 Å². The SMILES string of the molecule is Cc1ccc(S(=O)(=O)OC(C)COCC(C)OS(=O)(=O)c2ccc(C)cc2)cc1. The quantitative estimate of drug-likeness (QED) is 0.521. The normalized spacial score (nSPS) is 14.5. The molecule has 29 heavy (non-hydrogen) atoms. The maximum absolute atomic E-state index is 12.2. The maximum atomic E-state index is 12.2. The van der Waals surface area contributed by atoms with Crippen molar-refractivity contribution < 1.29 is 29.9 Å². The Hall–Kier alpha value is -1.78. The lowest BCUT2D eigenvalue weighted by atomic mass is 10.2. The maximum Gasteiger partial charge on any atom is 0.297 e. The van der Waals surface area contributed by atoms with Gasteiger partial charge in [0, 0.05) is 0 Å². The number of ether oxygens (including phenoxy) is 1. The van der Waals surface area contributed by atoms with Gasteiger partial charge in [0.05, 0.1) is 35.2 Å². The molecule has 0 bridgehead atoms. The largest absolute Gasteiger partial charge is 0.376 e. The molecule has 0 saturated carbocycles. The molecule has 0 aliphatic heterocycles. The molecular weight excluding hydrogens is 416 g/mol. The summed E-state index contributed by atoms with van der Waals surface area (Å²) in [6, 6.07) is 12.6. The van der Waals surface area contributed by atoms with Gasteiger partial charge in [-0.25, -0.2) is 0 Å².